The van der Waals surface area contributed by atoms with Gasteiger partial charge in [-0.05, 0) is 24.3 Å². The number of nitrogens with one attached hydrogen (secondary N) is 1. The number of nitrogens with two attached hydrogens (primary N) is 2. The van der Waals surface area contributed by atoms with Crippen molar-refractivity contribution in [2.24, 2.45) is 5.73 Å². The molecule has 0 radical (unpaired) electrons. The molecule has 0 atom stereocenters. The summed E-state index contributed by atoms with van der Waals surface area (Å²) in [6.45, 7) is 0. The fourth-order valence-electron chi connectivity index (χ4n) is 0.954. The van der Waals surface area contributed by atoms with Gasteiger partial charge in [0, 0.05) is 11.4 Å². The van der Waals surface area contributed by atoms with Crippen LogP contribution >= 0.6 is 0 Å². The van der Waals surface area contributed by atoms with E-state index in [2.05, 4.69) is 4.72 Å². The zero-order valence-corrected chi connectivity index (χ0v) is 8.62. The van der Waals surface area contributed by atoms with E-state index in [4.69, 9.17) is 11.5 Å². The summed E-state index contributed by atoms with van der Waals surface area (Å²) in [5.41, 5.74) is 11.1. The van der Waals surface area contributed by atoms with Crippen LogP contribution in [0.3, 0.4) is 0 Å². The molecule has 0 aromatic heterocycles. The van der Waals surface area contributed by atoms with Crippen molar-refractivity contribution < 1.29 is 13.2 Å². The van der Waals surface area contributed by atoms with Crippen LogP contribution in [0.15, 0.2) is 24.3 Å². The summed E-state index contributed by atoms with van der Waals surface area (Å²) in [6.07, 6.45) is 0. The highest BCUT2D eigenvalue weighted by atomic mass is 32.2. The van der Waals surface area contributed by atoms with E-state index in [1.54, 1.807) is 12.1 Å². The molecule has 0 saturated heterocycles. The van der Waals surface area contributed by atoms with Crippen molar-refractivity contribution in [3.05, 3.63) is 24.3 Å². The number of hydrogen-bond acceptors (Lipinski definition) is 4. The third kappa shape index (κ3) is 3.86. The Hall–Kier alpha value is -1.76. The van der Waals surface area contributed by atoms with E-state index < -0.39 is 21.7 Å². The van der Waals surface area contributed by atoms with Crippen molar-refractivity contribution >= 4 is 27.3 Å². The van der Waals surface area contributed by atoms with Crippen LogP contribution in [0.25, 0.3) is 0 Å². The van der Waals surface area contributed by atoms with Gasteiger partial charge in [-0.3, -0.25) is 9.52 Å². The first-order valence-corrected chi connectivity index (χ1v) is 5.68. The summed E-state index contributed by atoms with van der Waals surface area (Å²) in [7, 11) is -3.71. The summed E-state index contributed by atoms with van der Waals surface area (Å²) in [4.78, 5) is 10.4. The first-order valence-electron chi connectivity index (χ1n) is 4.03. The largest absolute Gasteiger partial charge is 0.399 e. The number of primary amides is 1. The van der Waals surface area contributed by atoms with Crippen LogP contribution in [-0.4, -0.2) is 20.1 Å². The molecule has 0 fully saturated rings. The Bertz CT molecular complexity index is 453. The highest BCUT2D eigenvalue weighted by Gasteiger charge is 2.13. The molecule has 15 heavy (non-hydrogen) atoms. The average molecular weight is 229 g/mol. The van der Waals surface area contributed by atoms with Gasteiger partial charge >= 0.3 is 0 Å². The number of nitrogen functional groups attached to an aromatic ring is 1. The lowest BCUT2D eigenvalue weighted by molar-refractivity contribution is -0.115. The van der Waals surface area contributed by atoms with Gasteiger partial charge in [0.2, 0.25) is 15.9 Å². The maximum atomic E-state index is 11.3. The molecule has 1 amide bonds. The van der Waals surface area contributed by atoms with Crippen LogP contribution in [0.4, 0.5) is 11.4 Å². The highest BCUT2D eigenvalue weighted by Crippen LogP contribution is 2.11. The summed E-state index contributed by atoms with van der Waals surface area (Å²) >= 11 is 0. The number of rotatable bonds is 4. The van der Waals surface area contributed by atoms with E-state index in [1.807, 2.05) is 0 Å². The van der Waals surface area contributed by atoms with E-state index in [0.29, 0.717) is 11.4 Å². The Morgan fingerprint density at radius 2 is 1.80 bits per heavy atom. The summed E-state index contributed by atoms with van der Waals surface area (Å²) in [5, 5.41) is 0. The Balaban J connectivity index is 2.78. The number of hydrogen-bond donors (Lipinski definition) is 3. The number of sulfonamides is 1. The van der Waals surface area contributed by atoms with Gasteiger partial charge in [-0.15, -0.1) is 0 Å². The molecule has 0 aliphatic carbocycles. The molecule has 1 aromatic carbocycles. The molecule has 5 N–H and O–H groups in total. The average Bonchev–Trinajstić information content (AvgIpc) is 2.06. The van der Waals surface area contributed by atoms with Crippen molar-refractivity contribution in [3.63, 3.8) is 0 Å². The molecule has 0 aliphatic rings. The smallest absolute Gasteiger partial charge is 0.241 e. The highest BCUT2D eigenvalue weighted by molar-refractivity contribution is 7.93. The summed E-state index contributed by atoms with van der Waals surface area (Å²) < 4.78 is 24.7. The van der Waals surface area contributed by atoms with E-state index in [1.165, 1.54) is 12.1 Å². The molecule has 7 heteroatoms. The molecule has 0 unspecified atom stereocenters. The van der Waals surface area contributed by atoms with Crippen LogP contribution in [0.1, 0.15) is 0 Å². The molecule has 0 bridgehead atoms. The lowest BCUT2D eigenvalue weighted by Crippen LogP contribution is -2.27. The molecule has 0 saturated carbocycles. The van der Waals surface area contributed by atoms with Crippen LogP contribution in [-0.2, 0) is 14.8 Å². The van der Waals surface area contributed by atoms with Gasteiger partial charge in [0.1, 0.15) is 5.75 Å². The maximum Gasteiger partial charge on any atom is 0.241 e. The number of carbonyl (C=O) groups excluding carboxylic acids is 1. The van der Waals surface area contributed by atoms with Gasteiger partial charge in [-0.1, -0.05) is 0 Å². The zero-order valence-electron chi connectivity index (χ0n) is 7.80. The quantitative estimate of drug-likeness (QED) is 0.603. The summed E-state index contributed by atoms with van der Waals surface area (Å²) in [5.74, 6) is -1.64. The number of anilines is 2. The van der Waals surface area contributed by atoms with Crippen molar-refractivity contribution in [2.45, 2.75) is 0 Å². The summed E-state index contributed by atoms with van der Waals surface area (Å²) in [6, 6.07) is 6.08. The fraction of sp³-hybridized carbons (Fsp3) is 0.125. The van der Waals surface area contributed by atoms with E-state index >= 15 is 0 Å². The van der Waals surface area contributed by atoms with Crippen molar-refractivity contribution in [1.29, 1.82) is 0 Å². The van der Waals surface area contributed by atoms with E-state index in [0.717, 1.165) is 0 Å². The molecule has 1 aromatic rings. The normalized spacial score (nSPS) is 10.9. The predicted octanol–water partition coefficient (Wildman–Crippen LogP) is -0.504. The van der Waals surface area contributed by atoms with Crippen molar-refractivity contribution in [1.82, 2.24) is 0 Å². The second-order valence-electron chi connectivity index (χ2n) is 2.95. The minimum Gasteiger partial charge on any atom is -0.399 e. The molecular weight excluding hydrogens is 218 g/mol. The Morgan fingerprint density at radius 3 is 2.27 bits per heavy atom. The Morgan fingerprint density at radius 1 is 1.27 bits per heavy atom. The first-order chi connectivity index (χ1) is 6.89. The third-order valence-electron chi connectivity index (χ3n) is 1.52. The minimum absolute atomic E-state index is 0.338. The van der Waals surface area contributed by atoms with Crippen LogP contribution in [0.2, 0.25) is 0 Å². The first kappa shape index (κ1) is 11.3. The molecule has 1 rings (SSSR count). The molecule has 0 spiro atoms. The van der Waals surface area contributed by atoms with Gasteiger partial charge in [0.15, 0.2) is 0 Å². The zero-order chi connectivity index (χ0) is 11.5. The Labute approximate surface area is 87.3 Å². The standard InChI is InChI=1S/C8H11N3O3S/c9-6-1-3-7(4-2-6)11-15(13,14)5-8(10)12/h1-4,11H,5,9H2,(H2,10,12). The lowest BCUT2D eigenvalue weighted by Gasteiger charge is -2.05. The SMILES string of the molecule is NC(=O)CS(=O)(=O)Nc1ccc(N)cc1. The van der Waals surface area contributed by atoms with Gasteiger partial charge in [-0.25, -0.2) is 8.42 Å². The second kappa shape index (κ2) is 4.18. The maximum absolute atomic E-state index is 11.3. The number of benzene rings is 1. The van der Waals surface area contributed by atoms with Gasteiger partial charge in [0.05, 0.1) is 0 Å². The minimum atomic E-state index is -3.71. The molecular formula is C8H11N3O3S. The number of amides is 1. The number of carbonyl (C=O) groups is 1. The topological polar surface area (TPSA) is 115 Å². The molecule has 6 nitrogen and oxygen atoms in total. The van der Waals surface area contributed by atoms with E-state index in [9.17, 15) is 13.2 Å². The van der Waals surface area contributed by atoms with Crippen molar-refractivity contribution in [3.8, 4) is 0 Å². The van der Waals surface area contributed by atoms with Crippen LogP contribution in [0.5, 0.6) is 0 Å². The molecule has 0 heterocycles. The second-order valence-corrected chi connectivity index (χ2v) is 4.67. The van der Waals surface area contributed by atoms with Crippen LogP contribution in [0, 0.1) is 0 Å². The third-order valence-corrected chi connectivity index (χ3v) is 2.73. The van der Waals surface area contributed by atoms with Crippen molar-refractivity contribution in [2.75, 3.05) is 16.2 Å². The molecule has 0 aliphatic heterocycles. The van der Waals surface area contributed by atoms with Crippen LogP contribution < -0.4 is 16.2 Å². The molecule has 82 valence electrons. The Kier molecular flexibility index (Phi) is 3.15. The van der Waals surface area contributed by atoms with Gasteiger partial charge in [0.25, 0.3) is 0 Å². The monoisotopic (exact) mass is 229 g/mol. The lowest BCUT2D eigenvalue weighted by atomic mass is 10.3. The van der Waals surface area contributed by atoms with E-state index in [-0.39, 0.29) is 0 Å². The van der Waals surface area contributed by atoms with Gasteiger partial charge in [-0.2, -0.15) is 0 Å². The predicted molar refractivity (Wildman–Crippen MR) is 57.5 cm³/mol. The fourth-order valence-corrected chi connectivity index (χ4v) is 1.90. The van der Waals surface area contributed by atoms with Gasteiger partial charge < -0.3 is 11.5 Å².